The highest BCUT2D eigenvalue weighted by Gasteiger charge is 2.34. The molecule has 0 radical (unpaired) electrons. The summed E-state index contributed by atoms with van der Waals surface area (Å²) in [6, 6.07) is 18.9. The van der Waals surface area contributed by atoms with Gasteiger partial charge in [-0.2, -0.15) is 0 Å². The zero-order chi connectivity index (χ0) is 24.7. The van der Waals surface area contributed by atoms with Crippen LogP contribution in [0.4, 0.5) is 5.13 Å². The summed E-state index contributed by atoms with van der Waals surface area (Å²) in [4.78, 5) is 14.3. The molecule has 4 heterocycles. The molecule has 0 spiro atoms. The van der Waals surface area contributed by atoms with E-state index in [1.807, 2.05) is 16.9 Å². The van der Waals surface area contributed by atoms with Crippen LogP contribution in [0.5, 0.6) is 0 Å². The van der Waals surface area contributed by atoms with Crippen LogP contribution in [0.3, 0.4) is 0 Å². The summed E-state index contributed by atoms with van der Waals surface area (Å²) in [6.45, 7) is 10.2. The van der Waals surface area contributed by atoms with Gasteiger partial charge < -0.3 is 4.90 Å². The molecule has 0 unspecified atom stereocenters. The van der Waals surface area contributed by atoms with Gasteiger partial charge in [0.2, 0.25) is 0 Å². The molecule has 0 amide bonds. The molecule has 1 aliphatic heterocycles. The smallest absolute Gasteiger partial charge is 0.186 e. The van der Waals surface area contributed by atoms with E-state index in [-0.39, 0.29) is 11.6 Å². The third-order valence-electron chi connectivity index (χ3n) is 7.35. The van der Waals surface area contributed by atoms with Gasteiger partial charge in [-0.15, -0.1) is 5.10 Å². The Kier molecular flexibility index (Phi) is 5.89. The molecular formula is C27H30N8S. The van der Waals surface area contributed by atoms with Crippen LogP contribution in [0.15, 0.2) is 60.8 Å². The average Bonchev–Trinajstić information content (AvgIpc) is 3.57. The summed E-state index contributed by atoms with van der Waals surface area (Å²) in [6.07, 6.45) is 2.77. The standard InChI is InChI=1S/C27H30N8S/c1-4-27(2,3)35-25(30-31-32-35)24(20-11-12-21-19(18-20)8-7-13-28-21)33-14-16-34(17-15-33)26-29-22-9-5-6-10-23(22)36-26/h5-13,18,24H,4,14-17H2,1-3H3/t24-/m1/s1. The predicted molar refractivity (Wildman–Crippen MR) is 144 cm³/mol. The number of fused-ring (bicyclic) bond motifs is 2. The maximum atomic E-state index is 4.89. The van der Waals surface area contributed by atoms with Crippen molar-refractivity contribution in [2.75, 3.05) is 31.1 Å². The lowest BCUT2D eigenvalue weighted by atomic mass is 9.98. The molecule has 6 rings (SSSR count). The maximum absolute atomic E-state index is 4.89. The summed E-state index contributed by atoms with van der Waals surface area (Å²) >= 11 is 1.77. The number of pyridine rings is 1. The van der Waals surface area contributed by atoms with Crippen molar-refractivity contribution < 1.29 is 0 Å². The van der Waals surface area contributed by atoms with Crippen molar-refractivity contribution in [1.82, 2.24) is 35.1 Å². The molecule has 0 N–H and O–H groups in total. The van der Waals surface area contributed by atoms with E-state index in [0.29, 0.717) is 0 Å². The number of tetrazole rings is 1. The fraction of sp³-hybridized carbons (Fsp3) is 0.370. The highest BCUT2D eigenvalue weighted by Crippen LogP contribution is 2.34. The van der Waals surface area contributed by atoms with E-state index < -0.39 is 0 Å². The monoisotopic (exact) mass is 498 g/mol. The summed E-state index contributed by atoms with van der Waals surface area (Å²) in [5.74, 6) is 0.888. The highest BCUT2D eigenvalue weighted by molar-refractivity contribution is 7.22. The number of piperazine rings is 1. The molecule has 0 aliphatic carbocycles. The van der Waals surface area contributed by atoms with Gasteiger partial charge in [-0.05, 0) is 66.6 Å². The minimum atomic E-state index is -0.182. The van der Waals surface area contributed by atoms with Crippen LogP contribution < -0.4 is 4.90 Å². The van der Waals surface area contributed by atoms with Gasteiger partial charge in [0.1, 0.15) is 0 Å². The molecule has 8 nitrogen and oxygen atoms in total. The van der Waals surface area contributed by atoms with E-state index >= 15 is 0 Å². The zero-order valence-electron chi connectivity index (χ0n) is 20.9. The topological polar surface area (TPSA) is 75.9 Å². The Morgan fingerprint density at radius 2 is 1.81 bits per heavy atom. The molecule has 2 aromatic carbocycles. The number of nitrogens with zero attached hydrogens (tertiary/aromatic N) is 8. The number of hydrogen-bond donors (Lipinski definition) is 0. The van der Waals surface area contributed by atoms with Crippen LogP contribution in [0.2, 0.25) is 0 Å². The first-order chi connectivity index (χ1) is 17.5. The lowest BCUT2D eigenvalue weighted by Gasteiger charge is -2.39. The van der Waals surface area contributed by atoms with Gasteiger partial charge in [-0.3, -0.25) is 9.88 Å². The van der Waals surface area contributed by atoms with E-state index in [1.165, 1.54) is 10.3 Å². The van der Waals surface area contributed by atoms with Gasteiger partial charge in [-0.25, -0.2) is 9.67 Å². The summed E-state index contributed by atoms with van der Waals surface area (Å²) in [5, 5.41) is 15.4. The van der Waals surface area contributed by atoms with Crippen molar-refractivity contribution in [3.63, 3.8) is 0 Å². The van der Waals surface area contributed by atoms with Crippen molar-refractivity contribution in [3.05, 3.63) is 72.2 Å². The Labute approximate surface area is 214 Å². The number of thiazole rings is 1. The molecule has 0 bridgehead atoms. The highest BCUT2D eigenvalue weighted by atomic mass is 32.1. The molecule has 1 fully saturated rings. The molecule has 1 atom stereocenters. The quantitative estimate of drug-likeness (QED) is 0.330. The zero-order valence-corrected chi connectivity index (χ0v) is 21.7. The molecule has 1 aliphatic rings. The molecule has 36 heavy (non-hydrogen) atoms. The normalized spacial score (nSPS) is 16.1. The molecule has 5 aromatic rings. The Hall–Kier alpha value is -3.43. The number of para-hydroxylation sites is 1. The van der Waals surface area contributed by atoms with Crippen molar-refractivity contribution >= 4 is 37.6 Å². The van der Waals surface area contributed by atoms with Gasteiger partial charge >= 0.3 is 0 Å². The lowest BCUT2D eigenvalue weighted by Crippen LogP contribution is -2.48. The van der Waals surface area contributed by atoms with Crippen molar-refractivity contribution in [2.24, 2.45) is 0 Å². The fourth-order valence-corrected chi connectivity index (χ4v) is 5.92. The van der Waals surface area contributed by atoms with E-state index in [4.69, 9.17) is 4.98 Å². The number of anilines is 1. The van der Waals surface area contributed by atoms with Crippen LogP contribution in [-0.2, 0) is 5.54 Å². The molecule has 3 aromatic heterocycles. The molecular weight excluding hydrogens is 468 g/mol. The van der Waals surface area contributed by atoms with Gasteiger partial charge in [0.25, 0.3) is 0 Å². The Morgan fingerprint density at radius 3 is 2.61 bits per heavy atom. The molecule has 0 saturated carbocycles. The van der Waals surface area contributed by atoms with Crippen molar-refractivity contribution in [1.29, 1.82) is 0 Å². The largest absolute Gasteiger partial charge is 0.345 e. The number of aromatic nitrogens is 6. The minimum Gasteiger partial charge on any atom is -0.345 e. The van der Waals surface area contributed by atoms with Crippen LogP contribution in [0.25, 0.3) is 21.1 Å². The van der Waals surface area contributed by atoms with Gasteiger partial charge in [0, 0.05) is 37.8 Å². The van der Waals surface area contributed by atoms with Crippen LogP contribution in [-0.4, -0.2) is 61.3 Å². The molecule has 184 valence electrons. The number of hydrogen-bond acceptors (Lipinski definition) is 8. The van der Waals surface area contributed by atoms with Gasteiger partial charge in [0.05, 0.1) is 27.3 Å². The number of benzene rings is 2. The average molecular weight is 499 g/mol. The number of rotatable bonds is 6. The second-order valence-electron chi connectivity index (χ2n) is 9.96. The summed E-state index contributed by atoms with van der Waals surface area (Å²) < 4.78 is 3.25. The fourth-order valence-electron chi connectivity index (χ4n) is 4.90. The van der Waals surface area contributed by atoms with Crippen molar-refractivity contribution in [2.45, 2.75) is 38.8 Å². The Morgan fingerprint density at radius 1 is 0.972 bits per heavy atom. The molecule has 9 heteroatoms. The minimum absolute atomic E-state index is 0.0482. The van der Waals surface area contributed by atoms with E-state index in [9.17, 15) is 0 Å². The third kappa shape index (κ3) is 4.12. The third-order valence-corrected chi connectivity index (χ3v) is 8.45. The SMILES string of the molecule is CCC(C)(C)n1nnnc1[C@@H](c1ccc2ncccc2c1)N1CCN(c2nc3ccccc3s2)CC1. The second-order valence-corrected chi connectivity index (χ2v) is 11.0. The van der Waals surface area contributed by atoms with Crippen molar-refractivity contribution in [3.8, 4) is 0 Å². The first-order valence-electron chi connectivity index (χ1n) is 12.5. The van der Waals surface area contributed by atoms with E-state index in [0.717, 1.165) is 60.0 Å². The summed E-state index contributed by atoms with van der Waals surface area (Å²) in [7, 11) is 0. The Bertz CT molecular complexity index is 1470. The first kappa shape index (κ1) is 23.0. The van der Waals surface area contributed by atoms with E-state index in [2.05, 4.69) is 99.6 Å². The second kappa shape index (κ2) is 9.22. The Balaban J connectivity index is 1.34. The summed E-state index contributed by atoms with van der Waals surface area (Å²) in [5.41, 5.74) is 3.07. The van der Waals surface area contributed by atoms with E-state index in [1.54, 1.807) is 11.3 Å². The van der Waals surface area contributed by atoms with Gasteiger partial charge in [0.15, 0.2) is 11.0 Å². The first-order valence-corrected chi connectivity index (χ1v) is 13.3. The lowest BCUT2D eigenvalue weighted by molar-refractivity contribution is 0.187. The van der Waals surface area contributed by atoms with Crippen LogP contribution in [0, 0.1) is 0 Å². The van der Waals surface area contributed by atoms with Gasteiger partial charge in [-0.1, -0.05) is 42.5 Å². The van der Waals surface area contributed by atoms with Crippen LogP contribution >= 0.6 is 11.3 Å². The predicted octanol–water partition coefficient (Wildman–Crippen LogP) is 4.89. The maximum Gasteiger partial charge on any atom is 0.186 e. The van der Waals surface area contributed by atoms with Crippen LogP contribution in [0.1, 0.15) is 44.6 Å². The molecule has 1 saturated heterocycles.